The van der Waals surface area contributed by atoms with E-state index in [0.29, 0.717) is 11.4 Å². The van der Waals surface area contributed by atoms with Crippen LogP contribution in [0.15, 0.2) is 56.6 Å². The van der Waals surface area contributed by atoms with Gasteiger partial charge in [-0.25, -0.2) is 0 Å². The summed E-state index contributed by atoms with van der Waals surface area (Å²) in [5, 5.41) is 13.2. The highest BCUT2D eigenvalue weighted by molar-refractivity contribution is 7.86. The van der Waals surface area contributed by atoms with E-state index in [2.05, 4.69) is 22.3 Å². The van der Waals surface area contributed by atoms with Crippen molar-refractivity contribution in [3.8, 4) is 0 Å². The molecule has 1 aliphatic heterocycles. The number of rotatable bonds is 15. The molecule has 1 amide bonds. The number of amides is 1. The van der Waals surface area contributed by atoms with Crippen LogP contribution in [-0.2, 0) is 21.3 Å². The van der Waals surface area contributed by atoms with Crippen molar-refractivity contribution < 1.29 is 17.8 Å². The zero-order valence-electron chi connectivity index (χ0n) is 22.4. The first kappa shape index (κ1) is 31.2. The Bertz CT molecular complexity index is 1300. The third-order valence-electron chi connectivity index (χ3n) is 6.65. The lowest BCUT2D eigenvalue weighted by Gasteiger charge is -2.15. The molecular weight excluding hydrogens is 559 g/mol. The Morgan fingerprint density at radius 1 is 0.923 bits per heavy atom. The summed E-state index contributed by atoms with van der Waals surface area (Å²) >= 11 is 12.2. The van der Waals surface area contributed by atoms with Crippen LogP contribution in [0.2, 0.25) is 10.0 Å². The molecule has 0 spiro atoms. The van der Waals surface area contributed by atoms with Gasteiger partial charge in [-0.2, -0.15) is 28.8 Å². The van der Waals surface area contributed by atoms with E-state index in [1.54, 1.807) is 6.92 Å². The summed E-state index contributed by atoms with van der Waals surface area (Å²) in [5.74, 6) is -0.508. The van der Waals surface area contributed by atoms with Gasteiger partial charge in [-0.3, -0.25) is 9.35 Å². The van der Waals surface area contributed by atoms with Crippen molar-refractivity contribution in [2.24, 2.45) is 15.3 Å². The second-order valence-electron chi connectivity index (χ2n) is 9.82. The average molecular weight is 596 g/mol. The molecule has 1 aliphatic rings. The second-order valence-corrected chi connectivity index (χ2v) is 12.0. The lowest BCUT2D eigenvalue weighted by atomic mass is 10.0. The number of hydrogen-bond acceptors (Lipinski definition) is 6. The number of halogens is 2. The molecule has 212 valence electrons. The third kappa shape index (κ3) is 9.10. The number of carbonyl (C=O) groups excluding carboxylic acids is 1. The van der Waals surface area contributed by atoms with Crippen molar-refractivity contribution in [3.05, 3.63) is 52.0 Å². The Balaban J connectivity index is 1.50. The number of azo groups is 1. The molecule has 1 atom stereocenters. The van der Waals surface area contributed by atoms with Crippen molar-refractivity contribution in [3.63, 3.8) is 0 Å². The fourth-order valence-corrected chi connectivity index (χ4v) is 5.74. The normalized spacial score (nSPS) is 15.9. The van der Waals surface area contributed by atoms with E-state index in [0.717, 1.165) is 30.0 Å². The molecule has 2 aromatic carbocycles. The van der Waals surface area contributed by atoms with Crippen LogP contribution in [0.25, 0.3) is 0 Å². The van der Waals surface area contributed by atoms with Gasteiger partial charge < -0.3 is 0 Å². The molecule has 11 heteroatoms. The summed E-state index contributed by atoms with van der Waals surface area (Å²) < 4.78 is 32.2. The maximum Gasteiger partial charge on any atom is 0.296 e. The zero-order chi connectivity index (χ0) is 28.4. The summed E-state index contributed by atoms with van der Waals surface area (Å²) in [6.07, 6.45) is 14.1. The molecule has 0 saturated heterocycles. The molecule has 1 unspecified atom stereocenters. The molecule has 0 saturated carbocycles. The van der Waals surface area contributed by atoms with Gasteiger partial charge in [-0.05, 0) is 49.6 Å². The molecule has 0 aromatic heterocycles. The van der Waals surface area contributed by atoms with Gasteiger partial charge in [0, 0.05) is 0 Å². The van der Waals surface area contributed by atoms with Crippen LogP contribution >= 0.6 is 23.2 Å². The summed E-state index contributed by atoms with van der Waals surface area (Å²) in [4.78, 5) is 12.4. The second kappa shape index (κ2) is 14.9. The average Bonchev–Trinajstić information content (AvgIpc) is 3.17. The van der Waals surface area contributed by atoms with E-state index in [9.17, 15) is 17.8 Å². The van der Waals surface area contributed by atoms with Crippen LogP contribution in [0.4, 0.5) is 11.4 Å². The highest BCUT2D eigenvalue weighted by atomic mass is 35.5. The number of aryl methyl sites for hydroxylation is 1. The number of unbranched alkanes of at least 4 members (excludes halogenated alkanes) is 9. The number of anilines is 1. The van der Waals surface area contributed by atoms with Gasteiger partial charge in [0.15, 0.2) is 6.04 Å². The SMILES string of the molecule is CCCCCCCCCCCCc1ccc(N=NC2C(=O)N(c3cc(Cl)c(S(=O)(=O)O)cc3Cl)N=C2C)cc1. The van der Waals surface area contributed by atoms with Crippen molar-refractivity contribution >= 4 is 56.3 Å². The summed E-state index contributed by atoms with van der Waals surface area (Å²) in [6.45, 7) is 3.89. The standard InChI is InChI=1S/C28H36Cl2N4O4S/c1-3-4-5-6-7-8-9-10-11-12-13-21-14-16-22(17-15-21)31-32-27-20(2)33-34(28(27)35)25-18-24(30)26(19-23(25)29)39(36,37)38/h14-19,27H,3-13H2,1-2H3,(H,36,37,38). The van der Waals surface area contributed by atoms with Gasteiger partial charge in [0.05, 0.1) is 27.1 Å². The quantitative estimate of drug-likeness (QED) is 0.126. The molecule has 0 bridgehead atoms. The maximum atomic E-state index is 13.0. The Morgan fingerprint density at radius 3 is 2.10 bits per heavy atom. The van der Waals surface area contributed by atoms with Crippen molar-refractivity contribution in [2.45, 2.75) is 95.4 Å². The molecule has 39 heavy (non-hydrogen) atoms. The van der Waals surface area contributed by atoms with Crippen LogP contribution in [0.1, 0.15) is 83.6 Å². The number of carbonyl (C=O) groups is 1. The van der Waals surface area contributed by atoms with Crippen molar-refractivity contribution in [2.75, 3.05) is 5.01 Å². The lowest BCUT2D eigenvalue weighted by molar-refractivity contribution is -0.117. The predicted molar refractivity (Wildman–Crippen MR) is 157 cm³/mol. The zero-order valence-corrected chi connectivity index (χ0v) is 24.8. The molecule has 3 rings (SSSR count). The van der Waals surface area contributed by atoms with E-state index in [-0.39, 0.29) is 15.7 Å². The monoisotopic (exact) mass is 594 g/mol. The van der Waals surface area contributed by atoms with Crippen LogP contribution < -0.4 is 5.01 Å². The van der Waals surface area contributed by atoms with Crippen molar-refractivity contribution in [1.82, 2.24) is 0 Å². The number of hydrazone groups is 1. The van der Waals surface area contributed by atoms with Gasteiger partial charge in [-0.15, -0.1) is 0 Å². The van der Waals surface area contributed by atoms with E-state index in [1.165, 1.54) is 63.4 Å². The predicted octanol–water partition coefficient (Wildman–Crippen LogP) is 8.58. The minimum Gasteiger partial charge on any atom is -0.282 e. The molecule has 1 heterocycles. The van der Waals surface area contributed by atoms with Gasteiger partial charge in [-0.1, -0.05) is 100 Å². The van der Waals surface area contributed by atoms with Crippen molar-refractivity contribution in [1.29, 1.82) is 0 Å². The smallest absolute Gasteiger partial charge is 0.282 e. The summed E-state index contributed by atoms with van der Waals surface area (Å²) in [5.41, 5.74) is 2.34. The molecule has 8 nitrogen and oxygen atoms in total. The molecule has 2 aromatic rings. The largest absolute Gasteiger partial charge is 0.296 e. The van der Waals surface area contributed by atoms with E-state index in [4.69, 9.17) is 23.2 Å². The number of nitrogens with zero attached hydrogens (tertiary/aromatic N) is 4. The first-order chi connectivity index (χ1) is 18.6. The summed E-state index contributed by atoms with van der Waals surface area (Å²) in [7, 11) is -4.58. The fraction of sp³-hybridized carbons (Fsp3) is 0.500. The highest BCUT2D eigenvalue weighted by Crippen LogP contribution is 2.36. The van der Waals surface area contributed by atoms with Gasteiger partial charge in [0.2, 0.25) is 0 Å². The molecule has 0 aliphatic carbocycles. The Labute approximate surface area is 241 Å². The van der Waals surface area contributed by atoms with Crippen LogP contribution in [-0.4, -0.2) is 30.6 Å². The minimum absolute atomic E-state index is 0.0763. The van der Waals surface area contributed by atoms with Gasteiger partial charge in [0.25, 0.3) is 16.0 Å². The molecule has 0 fully saturated rings. The van der Waals surface area contributed by atoms with E-state index < -0.39 is 27.0 Å². The van der Waals surface area contributed by atoms with Crippen LogP contribution in [0.3, 0.4) is 0 Å². The number of hydrogen-bond donors (Lipinski definition) is 1. The van der Waals surface area contributed by atoms with Gasteiger partial charge >= 0.3 is 0 Å². The van der Waals surface area contributed by atoms with Gasteiger partial charge in [0.1, 0.15) is 4.90 Å². The topological polar surface area (TPSA) is 112 Å². The first-order valence-electron chi connectivity index (χ1n) is 13.5. The third-order valence-corrected chi connectivity index (χ3v) is 8.27. The van der Waals surface area contributed by atoms with E-state index in [1.807, 2.05) is 24.3 Å². The lowest BCUT2D eigenvalue weighted by Crippen LogP contribution is -2.30. The first-order valence-corrected chi connectivity index (χ1v) is 15.7. The van der Waals surface area contributed by atoms with Crippen LogP contribution in [0.5, 0.6) is 0 Å². The Hall–Kier alpha value is -2.33. The molecule has 0 radical (unpaired) electrons. The summed E-state index contributed by atoms with van der Waals surface area (Å²) in [6, 6.07) is 9.00. The number of benzene rings is 2. The minimum atomic E-state index is -4.58. The van der Waals surface area contributed by atoms with E-state index >= 15 is 0 Å². The fourth-order valence-electron chi connectivity index (χ4n) is 4.41. The molecule has 1 N–H and O–H groups in total. The Kier molecular flexibility index (Phi) is 11.9. The highest BCUT2D eigenvalue weighted by Gasteiger charge is 2.36. The Morgan fingerprint density at radius 2 is 1.51 bits per heavy atom. The maximum absolute atomic E-state index is 13.0. The molecular formula is C28H36Cl2N4O4S. The van der Waals surface area contributed by atoms with Crippen LogP contribution in [0, 0.1) is 0 Å².